The van der Waals surface area contributed by atoms with Crippen molar-refractivity contribution in [3.63, 3.8) is 0 Å². The van der Waals surface area contributed by atoms with Crippen molar-refractivity contribution >= 4 is 29.5 Å². The second-order valence-electron chi connectivity index (χ2n) is 10.7. The minimum Gasteiger partial charge on any atom is -0.504 e. The van der Waals surface area contributed by atoms with E-state index in [2.05, 4.69) is 5.32 Å². The number of cyclic esters (lactones) is 1. The van der Waals surface area contributed by atoms with Crippen LogP contribution in [0, 0.1) is 16.7 Å². The third kappa shape index (κ3) is 4.22. The number of ketones is 2. The third-order valence-corrected chi connectivity index (χ3v) is 8.38. The number of ether oxygens (including phenoxy) is 3. The molecule has 1 saturated heterocycles. The first-order valence-electron chi connectivity index (χ1n) is 12.7. The van der Waals surface area contributed by atoms with Crippen LogP contribution in [-0.2, 0) is 38.2 Å². The molecular formula is C27H33NO10. The van der Waals surface area contributed by atoms with Crippen LogP contribution in [0.15, 0.2) is 34.3 Å². The van der Waals surface area contributed by atoms with Crippen molar-refractivity contribution in [2.45, 2.75) is 65.1 Å². The largest absolute Gasteiger partial charge is 0.504 e. The van der Waals surface area contributed by atoms with Gasteiger partial charge in [-0.1, -0.05) is 6.92 Å². The number of hydrogen-bond acceptors (Lipinski definition) is 10. The number of Topliss-reactive ketones (excluding diaryl/α,β-unsaturated/α-hetero) is 2. The molecule has 206 valence electrons. The van der Waals surface area contributed by atoms with Gasteiger partial charge in [-0.2, -0.15) is 0 Å². The molecule has 11 heteroatoms. The Morgan fingerprint density at radius 3 is 2.58 bits per heavy atom. The maximum absolute atomic E-state index is 13.8. The van der Waals surface area contributed by atoms with Crippen LogP contribution in [0.2, 0.25) is 0 Å². The van der Waals surface area contributed by atoms with Crippen LogP contribution in [-0.4, -0.2) is 72.2 Å². The number of fused-ring (bicyclic) bond motifs is 4. The van der Waals surface area contributed by atoms with Gasteiger partial charge in [0.2, 0.25) is 5.78 Å². The Kier molecular flexibility index (Phi) is 7.26. The molecule has 0 radical (unpaired) electrons. The zero-order valence-corrected chi connectivity index (χ0v) is 21.9. The number of aliphatic hydroxyl groups is 1. The van der Waals surface area contributed by atoms with E-state index >= 15 is 0 Å². The van der Waals surface area contributed by atoms with Gasteiger partial charge in [-0.25, -0.2) is 4.79 Å². The highest BCUT2D eigenvalue weighted by Gasteiger charge is 2.64. The highest BCUT2D eigenvalue weighted by molar-refractivity contribution is 6.14. The molecule has 3 aliphatic carbocycles. The molecular weight excluding hydrogens is 498 g/mol. The molecule has 0 aromatic heterocycles. The van der Waals surface area contributed by atoms with Crippen molar-refractivity contribution in [2.24, 2.45) is 16.7 Å². The second-order valence-corrected chi connectivity index (χ2v) is 10.7. The third-order valence-electron chi connectivity index (χ3n) is 8.38. The Morgan fingerprint density at radius 2 is 1.95 bits per heavy atom. The van der Waals surface area contributed by atoms with Crippen LogP contribution in [0.1, 0.15) is 52.9 Å². The standard InChI is InChI=1S/C27H33NO10/c1-13(29)37-16-10-26(2)15(7-8-17(26)30)20-22(16)27(3)18(12-36-4)38-25(35)14(21(27)24(34)23(20)33)11-28-9-5-6-19(31)32/h11,15-16,18,28,34H,5-10,12H2,1-4H3,(H,31,32)/b14-11-/t15-,16+,18+,26-,27-/m0/s1. The first-order chi connectivity index (χ1) is 17.9. The second kappa shape index (κ2) is 10.0. The maximum atomic E-state index is 13.8. The molecule has 0 aromatic carbocycles. The van der Waals surface area contributed by atoms with Crippen LogP contribution in [0.25, 0.3) is 0 Å². The Labute approximate surface area is 219 Å². The summed E-state index contributed by atoms with van der Waals surface area (Å²) < 4.78 is 16.9. The van der Waals surface area contributed by atoms with Crippen molar-refractivity contribution < 1.29 is 48.4 Å². The van der Waals surface area contributed by atoms with Gasteiger partial charge in [0.15, 0.2) is 5.76 Å². The summed E-state index contributed by atoms with van der Waals surface area (Å²) in [5, 5.41) is 23.1. The van der Waals surface area contributed by atoms with Gasteiger partial charge < -0.3 is 29.7 Å². The zero-order valence-electron chi connectivity index (χ0n) is 21.9. The lowest BCUT2D eigenvalue weighted by Crippen LogP contribution is -2.57. The lowest BCUT2D eigenvalue weighted by Gasteiger charge is -2.53. The first kappa shape index (κ1) is 27.6. The molecule has 0 unspecified atom stereocenters. The quantitative estimate of drug-likeness (QED) is 0.238. The molecule has 2 fully saturated rings. The van der Waals surface area contributed by atoms with E-state index in [4.69, 9.17) is 19.3 Å². The molecule has 38 heavy (non-hydrogen) atoms. The van der Waals surface area contributed by atoms with E-state index in [0.29, 0.717) is 12.0 Å². The number of nitrogens with one attached hydrogen (secondary N) is 1. The Hall–Kier alpha value is -3.47. The van der Waals surface area contributed by atoms with Crippen molar-refractivity contribution in [1.29, 1.82) is 0 Å². The lowest BCUT2D eigenvalue weighted by atomic mass is 9.53. The van der Waals surface area contributed by atoms with E-state index in [1.807, 2.05) is 0 Å². The van der Waals surface area contributed by atoms with Crippen molar-refractivity contribution in [1.82, 2.24) is 5.32 Å². The molecule has 1 saturated carbocycles. The predicted octanol–water partition coefficient (Wildman–Crippen LogP) is 1.91. The van der Waals surface area contributed by atoms with Crippen LogP contribution in [0.3, 0.4) is 0 Å². The normalized spacial score (nSPS) is 33.5. The van der Waals surface area contributed by atoms with Crippen LogP contribution < -0.4 is 5.32 Å². The number of allylic oxidation sites excluding steroid dienone is 1. The summed E-state index contributed by atoms with van der Waals surface area (Å²) in [6, 6.07) is 0. The topological polar surface area (TPSA) is 166 Å². The summed E-state index contributed by atoms with van der Waals surface area (Å²) in [7, 11) is 1.43. The number of carboxylic acids is 1. The summed E-state index contributed by atoms with van der Waals surface area (Å²) in [5.41, 5.74) is -1.70. The van der Waals surface area contributed by atoms with E-state index in [9.17, 15) is 29.1 Å². The van der Waals surface area contributed by atoms with E-state index in [1.54, 1.807) is 13.8 Å². The van der Waals surface area contributed by atoms with Crippen molar-refractivity contribution in [2.75, 3.05) is 20.3 Å². The van der Waals surface area contributed by atoms with E-state index in [1.165, 1.54) is 20.2 Å². The molecule has 0 amide bonds. The van der Waals surface area contributed by atoms with Gasteiger partial charge in [-0.15, -0.1) is 0 Å². The first-order valence-corrected chi connectivity index (χ1v) is 12.7. The van der Waals surface area contributed by atoms with Gasteiger partial charge >= 0.3 is 17.9 Å². The molecule has 0 spiro atoms. The van der Waals surface area contributed by atoms with Crippen LogP contribution in [0.5, 0.6) is 0 Å². The van der Waals surface area contributed by atoms with E-state index in [0.717, 1.165) is 0 Å². The molecule has 3 N–H and O–H groups in total. The lowest BCUT2D eigenvalue weighted by molar-refractivity contribution is -0.160. The minimum absolute atomic E-state index is 0.0235. The van der Waals surface area contributed by atoms with E-state index in [-0.39, 0.29) is 61.3 Å². The van der Waals surface area contributed by atoms with E-state index < -0.39 is 58.4 Å². The molecule has 0 aromatic rings. The molecule has 1 aliphatic heterocycles. The average Bonchev–Trinajstić information content (AvgIpc) is 3.12. The SMILES string of the molecule is COC[C@H]1OC(=O)/C(=C\NCCCC(=O)O)C2=C(O)C(=O)C3=C([C@H](OC(C)=O)C[C@]4(C)C(=O)CC[C@@H]34)[C@]21C. The van der Waals surface area contributed by atoms with Crippen LogP contribution in [0.4, 0.5) is 0 Å². The Bertz CT molecular complexity index is 1200. The van der Waals surface area contributed by atoms with Gasteiger partial charge in [0.25, 0.3) is 0 Å². The Balaban J connectivity index is 1.89. The Morgan fingerprint density at radius 1 is 1.24 bits per heavy atom. The monoisotopic (exact) mass is 531 g/mol. The molecule has 4 aliphatic rings. The summed E-state index contributed by atoms with van der Waals surface area (Å²) in [4.78, 5) is 62.9. The highest BCUT2D eigenvalue weighted by atomic mass is 16.6. The molecule has 1 heterocycles. The zero-order chi connectivity index (χ0) is 28.0. The number of esters is 2. The van der Waals surface area contributed by atoms with Crippen molar-refractivity contribution in [3.8, 4) is 0 Å². The number of hydrogen-bond donors (Lipinski definition) is 3. The fourth-order valence-corrected chi connectivity index (χ4v) is 6.61. The van der Waals surface area contributed by atoms with Gasteiger partial charge in [-0.05, 0) is 25.3 Å². The predicted molar refractivity (Wildman–Crippen MR) is 131 cm³/mol. The summed E-state index contributed by atoms with van der Waals surface area (Å²) in [6.45, 7) is 4.86. The van der Waals surface area contributed by atoms with Gasteiger partial charge in [0.05, 0.1) is 17.6 Å². The highest BCUT2D eigenvalue weighted by Crippen LogP contribution is 2.62. The van der Waals surface area contributed by atoms with Gasteiger partial charge in [-0.3, -0.25) is 19.2 Å². The van der Waals surface area contributed by atoms with Gasteiger partial charge in [0, 0.05) is 68.5 Å². The summed E-state index contributed by atoms with van der Waals surface area (Å²) >= 11 is 0. The fourth-order valence-electron chi connectivity index (χ4n) is 6.61. The number of methoxy groups -OCH3 is 1. The smallest absolute Gasteiger partial charge is 0.340 e. The number of carbonyl (C=O) groups is 5. The number of aliphatic carboxylic acids is 1. The average molecular weight is 532 g/mol. The van der Waals surface area contributed by atoms with Gasteiger partial charge in [0.1, 0.15) is 18.0 Å². The van der Waals surface area contributed by atoms with Crippen molar-refractivity contribution in [3.05, 3.63) is 34.3 Å². The molecule has 5 atom stereocenters. The minimum atomic E-state index is -1.32. The molecule has 0 bridgehead atoms. The maximum Gasteiger partial charge on any atom is 0.340 e. The molecule has 4 rings (SSSR count). The fraction of sp³-hybridized carbons (Fsp3) is 0.593. The number of rotatable bonds is 8. The van der Waals surface area contributed by atoms with Crippen LogP contribution >= 0.6 is 0 Å². The number of carbonyl (C=O) groups excluding carboxylic acids is 4. The number of aliphatic hydroxyl groups excluding tert-OH is 1. The number of carboxylic acid groups (broad SMARTS) is 1. The molecule has 11 nitrogen and oxygen atoms in total. The summed E-state index contributed by atoms with van der Waals surface area (Å²) in [6.07, 6.45) is 0.388. The summed E-state index contributed by atoms with van der Waals surface area (Å²) in [5.74, 6) is -4.23.